The first-order valence-electron chi connectivity index (χ1n) is 9.38. The Kier molecular flexibility index (Phi) is 6.38. The van der Waals surface area contributed by atoms with Gasteiger partial charge in [0.1, 0.15) is 5.00 Å². The molecular weight excluding hydrogens is 392 g/mol. The first-order chi connectivity index (χ1) is 13.9. The van der Waals surface area contributed by atoms with Crippen LogP contribution in [0.2, 0.25) is 0 Å². The second-order valence-electron chi connectivity index (χ2n) is 7.03. The van der Waals surface area contributed by atoms with Crippen LogP contribution < -0.4 is 10.7 Å². The smallest absolute Gasteiger partial charge is 0.274 e. The zero-order chi connectivity index (χ0) is 21.0. The van der Waals surface area contributed by atoms with Crippen molar-refractivity contribution in [3.8, 4) is 0 Å². The number of amides is 2. The van der Waals surface area contributed by atoms with Crippen LogP contribution in [0.15, 0.2) is 29.4 Å². The van der Waals surface area contributed by atoms with Gasteiger partial charge in [-0.2, -0.15) is 5.10 Å². The van der Waals surface area contributed by atoms with Crippen LogP contribution in [0.3, 0.4) is 0 Å². The van der Waals surface area contributed by atoms with Crippen LogP contribution in [0.25, 0.3) is 0 Å². The van der Waals surface area contributed by atoms with Gasteiger partial charge >= 0.3 is 0 Å². The minimum atomic E-state index is -0.548. The fraction of sp³-hybridized carbons (Fsp3) is 0.350. The lowest BCUT2D eigenvalue weighted by molar-refractivity contribution is -0.384. The summed E-state index contributed by atoms with van der Waals surface area (Å²) in [5, 5.41) is 18.2. The number of fused-ring (bicyclic) bond motifs is 1. The van der Waals surface area contributed by atoms with E-state index >= 15 is 0 Å². The van der Waals surface area contributed by atoms with E-state index in [4.69, 9.17) is 0 Å². The third-order valence-electron chi connectivity index (χ3n) is 4.58. The van der Waals surface area contributed by atoms with E-state index in [0.29, 0.717) is 16.3 Å². The number of anilines is 1. The molecule has 2 N–H and O–H groups in total. The van der Waals surface area contributed by atoms with Gasteiger partial charge in [0.05, 0.1) is 10.5 Å². The van der Waals surface area contributed by atoms with Crippen LogP contribution in [0.1, 0.15) is 64.3 Å². The van der Waals surface area contributed by atoms with Gasteiger partial charge in [0, 0.05) is 28.3 Å². The summed E-state index contributed by atoms with van der Waals surface area (Å²) in [5.74, 6) is -0.853. The van der Waals surface area contributed by atoms with E-state index in [9.17, 15) is 19.7 Å². The summed E-state index contributed by atoms with van der Waals surface area (Å²) in [6.45, 7) is 3.55. The highest BCUT2D eigenvalue weighted by molar-refractivity contribution is 7.17. The first kappa shape index (κ1) is 20.7. The number of carbonyl (C=O) groups excluding carboxylic acids is 2. The first-order valence-corrected chi connectivity index (χ1v) is 10.2. The molecule has 1 aromatic carbocycles. The van der Waals surface area contributed by atoms with Crippen LogP contribution in [0, 0.1) is 10.1 Å². The lowest BCUT2D eigenvalue weighted by Gasteiger charge is -2.08. The maximum absolute atomic E-state index is 12.8. The molecule has 9 heteroatoms. The van der Waals surface area contributed by atoms with Crippen molar-refractivity contribution in [2.45, 2.75) is 46.0 Å². The number of nitro groups is 1. The number of benzene rings is 1. The highest BCUT2D eigenvalue weighted by Gasteiger charge is 2.26. The molecule has 0 saturated heterocycles. The van der Waals surface area contributed by atoms with Crippen molar-refractivity contribution in [2.24, 2.45) is 5.10 Å². The van der Waals surface area contributed by atoms with Crippen molar-refractivity contribution in [2.75, 3.05) is 5.32 Å². The van der Waals surface area contributed by atoms with Crippen molar-refractivity contribution in [1.29, 1.82) is 0 Å². The monoisotopic (exact) mass is 414 g/mol. The van der Waals surface area contributed by atoms with Gasteiger partial charge in [-0.1, -0.05) is 12.5 Å². The molecule has 1 heterocycles. The summed E-state index contributed by atoms with van der Waals surface area (Å²) in [6.07, 6.45) is 4.76. The topological polar surface area (TPSA) is 114 Å². The van der Waals surface area contributed by atoms with Gasteiger partial charge in [0.25, 0.3) is 17.5 Å². The van der Waals surface area contributed by atoms with E-state index in [1.54, 1.807) is 13.8 Å². The minimum Gasteiger partial charge on any atom is -0.313 e. The molecule has 0 radical (unpaired) electrons. The average Bonchev–Trinajstić information content (AvgIpc) is 2.86. The number of non-ortho nitro benzene ring substituents is 1. The number of rotatable bonds is 5. The molecule has 29 heavy (non-hydrogen) atoms. The second-order valence-corrected chi connectivity index (χ2v) is 8.14. The van der Waals surface area contributed by atoms with Crippen LogP contribution in [-0.2, 0) is 12.8 Å². The quantitative estimate of drug-likeness (QED) is 0.328. The molecule has 2 aromatic rings. The Morgan fingerprint density at radius 1 is 1.14 bits per heavy atom. The molecule has 0 saturated carbocycles. The van der Waals surface area contributed by atoms with E-state index in [-0.39, 0.29) is 17.2 Å². The Morgan fingerprint density at radius 3 is 2.62 bits per heavy atom. The Balaban J connectivity index is 1.94. The molecule has 0 fully saturated rings. The largest absolute Gasteiger partial charge is 0.313 e. The Labute approximate surface area is 172 Å². The summed E-state index contributed by atoms with van der Waals surface area (Å²) in [7, 11) is 0. The van der Waals surface area contributed by atoms with Gasteiger partial charge in [-0.15, -0.1) is 11.3 Å². The SMILES string of the molecule is CC(C)=NNC(=O)c1c(NC(=O)c2cccc([N+](=O)[O-])c2)sc2c1CCCCC2. The van der Waals surface area contributed by atoms with Crippen LogP contribution in [0.5, 0.6) is 0 Å². The lowest BCUT2D eigenvalue weighted by Crippen LogP contribution is -2.22. The fourth-order valence-corrected chi connectivity index (χ4v) is 4.51. The molecule has 1 aliphatic carbocycles. The Bertz CT molecular complexity index is 992. The molecule has 0 aliphatic heterocycles. The van der Waals surface area contributed by atoms with Gasteiger partial charge in [-0.25, -0.2) is 5.43 Å². The van der Waals surface area contributed by atoms with E-state index in [2.05, 4.69) is 15.8 Å². The Hall–Kier alpha value is -3.07. The van der Waals surface area contributed by atoms with E-state index in [1.807, 2.05) is 0 Å². The summed E-state index contributed by atoms with van der Waals surface area (Å²) in [4.78, 5) is 37.1. The molecule has 0 spiro atoms. The summed E-state index contributed by atoms with van der Waals surface area (Å²) in [5.41, 5.74) is 4.66. The highest BCUT2D eigenvalue weighted by atomic mass is 32.1. The van der Waals surface area contributed by atoms with E-state index in [1.165, 1.54) is 35.6 Å². The molecule has 1 aromatic heterocycles. The standard InChI is InChI=1S/C20H22N4O4S/c1-12(2)22-23-19(26)17-15-9-4-3-5-10-16(15)29-20(17)21-18(25)13-7-6-8-14(11-13)24(27)28/h6-8,11H,3-5,9-10H2,1-2H3,(H,21,25)(H,23,26). The van der Waals surface area contributed by atoms with Crippen molar-refractivity contribution >= 4 is 39.6 Å². The second kappa shape index (κ2) is 8.95. The van der Waals surface area contributed by atoms with Crippen molar-refractivity contribution < 1.29 is 14.5 Å². The number of nitrogens with zero attached hydrogens (tertiary/aromatic N) is 2. The van der Waals surface area contributed by atoms with Crippen LogP contribution >= 0.6 is 11.3 Å². The molecule has 3 rings (SSSR count). The van der Waals surface area contributed by atoms with Crippen molar-refractivity contribution in [3.63, 3.8) is 0 Å². The van der Waals surface area contributed by atoms with E-state index < -0.39 is 10.8 Å². The minimum absolute atomic E-state index is 0.162. The number of nitrogens with one attached hydrogen (secondary N) is 2. The lowest BCUT2D eigenvalue weighted by atomic mass is 10.0. The molecule has 2 amide bonds. The number of hydrogen-bond donors (Lipinski definition) is 2. The molecule has 152 valence electrons. The van der Waals surface area contributed by atoms with Crippen molar-refractivity contribution in [1.82, 2.24) is 5.43 Å². The number of hydrazone groups is 1. The van der Waals surface area contributed by atoms with E-state index in [0.717, 1.165) is 42.5 Å². The van der Waals surface area contributed by atoms with Gasteiger partial charge in [-0.05, 0) is 51.2 Å². The summed E-state index contributed by atoms with van der Waals surface area (Å²) >= 11 is 1.40. The average molecular weight is 414 g/mol. The van der Waals surface area contributed by atoms with Gasteiger partial charge < -0.3 is 5.32 Å². The molecular formula is C20H22N4O4S. The molecule has 0 bridgehead atoms. The molecule has 1 aliphatic rings. The van der Waals surface area contributed by atoms with Gasteiger partial charge in [0.2, 0.25) is 0 Å². The number of hydrogen-bond acceptors (Lipinski definition) is 6. The molecule has 0 atom stereocenters. The predicted molar refractivity (Wildman–Crippen MR) is 113 cm³/mol. The fourth-order valence-electron chi connectivity index (χ4n) is 3.23. The summed E-state index contributed by atoms with van der Waals surface area (Å²) in [6, 6.07) is 5.51. The maximum atomic E-state index is 12.8. The zero-order valence-corrected chi connectivity index (χ0v) is 17.1. The number of thiophene rings is 1. The third-order valence-corrected chi connectivity index (χ3v) is 5.78. The predicted octanol–water partition coefficient (Wildman–Crippen LogP) is 4.30. The highest BCUT2D eigenvalue weighted by Crippen LogP contribution is 2.37. The van der Waals surface area contributed by atoms with Crippen LogP contribution in [-0.4, -0.2) is 22.4 Å². The number of nitro benzene ring substituents is 1. The Morgan fingerprint density at radius 2 is 1.90 bits per heavy atom. The number of aryl methyl sites for hydroxylation is 1. The normalized spacial score (nSPS) is 13.0. The third kappa shape index (κ3) is 4.86. The molecule has 0 unspecified atom stereocenters. The van der Waals surface area contributed by atoms with Crippen LogP contribution in [0.4, 0.5) is 10.7 Å². The van der Waals surface area contributed by atoms with Gasteiger partial charge in [0.15, 0.2) is 0 Å². The van der Waals surface area contributed by atoms with Crippen molar-refractivity contribution in [3.05, 3.63) is 55.9 Å². The van der Waals surface area contributed by atoms with Gasteiger partial charge in [-0.3, -0.25) is 19.7 Å². The number of carbonyl (C=O) groups is 2. The maximum Gasteiger partial charge on any atom is 0.274 e. The summed E-state index contributed by atoms with van der Waals surface area (Å²) < 4.78 is 0. The zero-order valence-electron chi connectivity index (χ0n) is 16.3. The molecule has 8 nitrogen and oxygen atoms in total.